The van der Waals surface area contributed by atoms with E-state index >= 15 is 0 Å². The molecular formula is C19H22N4O5S. The number of aliphatic carboxylic acids is 1. The van der Waals surface area contributed by atoms with Crippen molar-refractivity contribution in [2.24, 2.45) is 0 Å². The van der Waals surface area contributed by atoms with Crippen LogP contribution in [0, 0.1) is 6.92 Å². The lowest BCUT2D eigenvalue weighted by molar-refractivity contribution is -0.137. The fourth-order valence-corrected chi connectivity index (χ4v) is 2.75. The summed E-state index contributed by atoms with van der Waals surface area (Å²) in [4.78, 5) is 31.4. The van der Waals surface area contributed by atoms with Crippen LogP contribution in [-0.4, -0.2) is 45.8 Å². The molecule has 0 saturated heterocycles. The molecule has 0 aliphatic carbocycles. The third-order valence-electron chi connectivity index (χ3n) is 3.88. The number of hydrogen-bond acceptors (Lipinski definition) is 7. The number of rotatable bonds is 8. The fourth-order valence-electron chi connectivity index (χ4n) is 2.52. The number of aromatic nitrogens is 2. The molecular weight excluding hydrogens is 396 g/mol. The number of carbonyl (C=O) groups excluding carboxylic acids is 1. The van der Waals surface area contributed by atoms with Gasteiger partial charge in [0.1, 0.15) is 5.75 Å². The average molecular weight is 418 g/mol. The molecule has 0 amide bonds. The Kier molecular flexibility index (Phi) is 7.84. The van der Waals surface area contributed by atoms with Gasteiger partial charge in [0.15, 0.2) is 5.11 Å². The molecule has 1 heterocycles. The summed E-state index contributed by atoms with van der Waals surface area (Å²) in [5.41, 5.74) is 1.39. The van der Waals surface area contributed by atoms with Crippen molar-refractivity contribution in [3.63, 3.8) is 0 Å². The van der Waals surface area contributed by atoms with Gasteiger partial charge in [-0.1, -0.05) is 12.1 Å². The normalized spacial score (nSPS) is 11.3. The van der Waals surface area contributed by atoms with E-state index in [9.17, 15) is 14.7 Å². The number of carboxylic acid groups (broad SMARTS) is 1. The number of nitrogens with zero attached hydrogens (tertiary/aromatic N) is 2. The first kappa shape index (κ1) is 22.0. The third-order valence-corrected chi connectivity index (χ3v) is 4.10. The van der Waals surface area contributed by atoms with Crippen LogP contribution in [0.5, 0.6) is 5.75 Å². The molecule has 0 fully saturated rings. The van der Waals surface area contributed by atoms with Gasteiger partial charge in [-0.15, -0.1) is 0 Å². The van der Waals surface area contributed by atoms with Crippen LogP contribution >= 0.6 is 12.2 Å². The lowest BCUT2D eigenvalue weighted by atomic mass is 10.0. The number of nitrogens with one attached hydrogen (secondary N) is 2. The molecule has 3 N–H and O–H groups in total. The Morgan fingerprint density at radius 2 is 2.10 bits per heavy atom. The Labute approximate surface area is 173 Å². The molecule has 0 saturated carbocycles. The lowest BCUT2D eigenvalue weighted by Crippen LogP contribution is -2.34. The topological polar surface area (TPSA) is 123 Å². The maximum Gasteiger partial charge on any atom is 0.341 e. The number of thiocarbonyl (C=S) groups is 1. The number of carbonyl (C=O) groups is 2. The number of benzene rings is 1. The molecule has 1 aromatic carbocycles. The van der Waals surface area contributed by atoms with Gasteiger partial charge >= 0.3 is 11.9 Å². The van der Waals surface area contributed by atoms with Crippen molar-refractivity contribution in [1.82, 2.24) is 15.3 Å². The summed E-state index contributed by atoms with van der Waals surface area (Å²) in [6.07, 6.45) is 1.15. The molecule has 1 unspecified atom stereocenters. The van der Waals surface area contributed by atoms with Gasteiger partial charge in [-0.3, -0.25) is 4.79 Å². The second-order valence-electron chi connectivity index (χ2n) is 5.94. The number of hydrogen-bond donors (Lipinski definition) is 3. The zero-order valence-corrected chi connectivity index (χ0v) is 17.1. The van der Waals surface area contributed by atoms with Crippen molar-refractivity contribution in [3.05, 3.63) is 47.3 Å². The quantitative estimate of drug-likeness (QED) is 0.435. The average Bonchev–Trinajstić information content (AvgIpc) is 2.67. The minimum Gasteiger partial charge on any atom is -0.497 e. The van der Waals surface area contributed by atoms with Crippen molar-refractivity contribution >= 4 is 35.2 Å². The number of aryl methyl sites for hydroxylation is 1. The van der Waals surface area contributed by atoms with Crippen LogP contribution in [0.2, 0.25) is 0 Å². The minimum absolute atomic E-state index is 0.141. The molecule has 1 aromatic heterocycles. The zero-order valence-electron chi connectivity index (χ0n) is 16.3. The highest BCUT2D eigenvalue weighted by molar-refractivity contribution is 7.80. The summed E-state index contributed by atoms with van der Waals surface area (Å²) < 4.78 is 10.1. The molecule has 29 heavy (non-hydrogen) atoms. The number of ether oxygens (including phenoxy) is 2. The Morgan fingerprint density at radius 3 is 2.72 bits per heavy atom. The summed E-state index contributed by atoms with van der Waals surface area (Å²) in [6.45, 7) is 3.62. The molecule has 1 atom stereocenters. The molecule has 2 aromatic rings. The summed E-state index contributed by atoms with van der Waals surface area (Å²) >= 11 is 5.28. The minimum atomic E-state index is -0.987. The SMILES string of the molecule is CCOC(=O)c1cnc(NC(=S)NC(CC(=O)O)c2cccc(OC)c2)nc1C. The highest BCUT2D eigenvalue weighted by Gasteiger charge is 2.18. The zero-order chi connectivity index (χ0) is 21.4. The maximum atomic E-state index is 11.8. The lowest BCUT2D eigenvalue weighted by Gasteiger charge is -2.20. The number of anilines is 1. The van der Waals surface area contributed by atoms with Gasteiger partial charge in [-0.05, 0) is 43.8 Å². The second kappa shape index (κ2) is 10.3. The number of carboxylic acids is 1. The molecule has 0 bridgehead atoms. The molecule has 9 nitrogen and oxygen atoms in total. The Hall–Kier alpha value is -3.27. The summed E-state index contributed by atoms with van der Waals surface area (Å²) in [6, 6.07) is 6.45. The van der Waals surface area contributed by atoms with E-state index in [0.29, 0.717) is 17.0 Å². The Bertz CT molecular complexity index is 906. The van der Waals surface area contributed by atoms with Gasteiger partial charge in [0.05, 0.1) is 37.4 Å². The Morgan fingerprint density at radius 1 is 1.34 bits per heavy atom. The second-order valence-corrected chi connectivity index (χ2v) is 6.35. The van der Waals surface area contributed by atoms with E-state index in [4.69, 9.17) is 21.7 Å². The maximum absolute atomic E-state index is 11.8. The first-order valence-corrected chi connectivity index (χ1v) is 9.18. The van der Waals surface area contributed by atoms with Crippen LogP contribution in [0.15, 0.2) is 30.5 Å². The molecule has 0 radical (unpaired) electrons. The van der Waals surface area contributed by atoms with E-state index in [2.05, 4.69) is 20.6 Å². The van der Waals surface area contributed by atoms with Gasteiger partial charge in [0.2, 0.25) is 5.95 Å². The van der Waals surface area contributed by atoms with E-state index in [1.165, 1.54) is 13.3 Å². The third kappa shape index (κ3) is 6.39. The van der Waals surface area contributed by atoms with Gasteiger partial charge in [0.25, 0.3) is 0 Å². The first-order chi connectivity index (χ1) is 13.8. The van der Waals surface area contributed by atoms with Gasteiger partial charge in [0, 0.05) is 6.20 Å². The van der Waals surface area contributed by atoms with Crippen molar-refractivity contribution in [2.75, 3.05) is 19.0 Å². The molecule has 10 heteroatoms. The highest BCUT2D eigenvalue weighted by atomic mass is 32.1. The molecule has 0 aliphatic rings. The van der Waals surface area contributed by atoms with Crippen molar-refractivity contribution in [3.8, 4) is 5.75 Å². The van der Waals surface area contributed by atoms with Gasteiger partial charge < -0.3 is 25.2 Å². The van der Waals surface area contributed by atoms with Crippen molar-refractivity contribution in [2.45, 2.75) is 26.3 Å². The van der Waals surface area contributed by atoms with E-state index in [0.717, 1.165) is 0 Å². The summed E-state index contributed by atoms with van der Waals surface area (Å²) in [5.74, 6) is -0.712. The highest BCUT2D eigenvalue weighted by Crippen LogP contribution is 2.22. The van der Waals surface area contributed by atoms with Crippen LogP contribution in [0.25, 0.3) is 0 Å². The van der Waals surface area contributed by atoms with Crippen LogP contribution < -0.4 is 15.4 Å². The van der Waals surface area contributed by atoms with Crippen LogP contribution in [0.1, 0.15) is 41.0 Å². The van der Waals surface area contributed by atoms with E-state index in [1.807, 2.05) is 0 Å². The number of esters is 1. The molecule has 0 aliphatic heterocycles. The van der Waals surface area contributed by atoms with Gasteiger partial charge in [-0.2, -0.15) is 0 Å². The Balaban J connectivity index is 2.12. The summed E-state index contributed by atoms with van der Waals surface area (Å²) in [5, 5.41) is 15.1. The van der Waals surface area contributed by atoms with E-state index in [-0.39, 0.29) is 29.7 Å². The predicted octanol–water partition coefficient (Wildman–Crippen LogP) is 2.47. The van der Waals surface area contributed by atoms with E-state index < -0.39 is 18.0 Å². The molecule has 0 spiro atoms. The van der Waals surface area contributed by atoms with Gasteiger partial charge in [-0.25, -0.2) is 14.8 Å². The smallest absolute Gasteiger partial charge is 0.341 e. The predicted molar refractivity (Wildman–Crippen MR) is 110 cm³/mol. The molecule has 154 valence electrons. The van der Waals surface area contributed by atoms with Crippen molar-refractivity contribution < 1.29 is 24.2 Å². The first-order valence-electron chi connectivity index (χ1n) is 8.78. The van der Waals surface area contributed by atoms with Crippen LogP contribution in [0.4, 0.5) is 5.95 Å². The standard InChI is InChI=1S/C19H22N4O5S/c1-4-28-17(26)14-10-20-18(21-11(14)2)23-19(29)22-15(9-16(24)25)12-6-5-7-13(8-12)27-3/h5-8,10,15H,4,9H2,1-3H3,(H,24,25)(H2,20,21,22,23,29). The van der Waals surface area contributed by atoms with Crippen LogP contribution in [-0.2, 0) is 9.53 Å². The molecule has 2 rings (SSSR count). The monoisotopic (exact) mass is 418 g/mol. The van der Waals surface area contributed by atoms with E-state index in [1.54, 1.807) is 38.1 Å². The van der Waals surface area contributed by atoms with Crippen molar-refractivity contribution in [1.29, 1.82) is 0 Å². The van der Waals surface area contributed by atoms with Crippen LogP contribution in [0.3, 0.4) is 0 Å². The fraction of sp³-hybridized carbons (Fsp3) is 0.316. The number of methoxy groups -OCH3 is 1. The largest absolute Gasteiger partial charge is 0.497 e. The summed E-state index contributed by atoms with van der Waals surface area (Å²) in [7, 11) is 1.53.